The second-order valence-electron chi connectivity index (χ2n) is 4.93. The van der Waals surface area contributed by atoms with E-state index in [1.54, 1.807) is 0 Å². The number of nitrogens with zero attached hydrogens (tertiary/aromatic N) is 1. The molecule has 4 heteroatoms. The van der Waals surface area contributed by atoms with E-state index in [4.69, 9.17) is 4.74 Å². The molecule has 0 bridgehead atoms. The quantitative estimate of drug-likeness (QED) is 0.735. The molecule has 94 valence electrons. The van der Waals surface area contributed by atoms with E-state index in [2.05, 4.69) is 4.90 Å². The van der Waals surface area contributed by atoms with E-state index < -0.39 is 5.60 Å². The van der Waals surface area contributed by atoms with Crippen molar-refractivity contribution in [3.8, 4) is 0 Å². The average molecular weight is 229 g/mol. The first-order valence-corrected chi connectivity index (χ1v) is 6.06. The van der Waals surface area contributed by atoms with Gasteiger partial charge in [-0.1, -0.05) is 0 Å². The minimum Gasteiger partial charge on any atom is -0.466 e. The summed E-state index contributed by atoms with van der Waals surface area (Å²) in [5.41, 5.74) is -0.610. The summed E-state index contributed by atoms with van der Waals surface area (Å²) in [4.78, 5) is 13.5. The van der Waals surface area contributed by atoms with Gasteiger partial charge >= 0.3 is 5.97 Å². The van der Waals surface area contributed by atoms with Crippen LogP contribution >= 0.6 is 0 Å². The molecule has 1 rings (SSSR count). The third-order valence-corrected chi connectivity index (χ3v) is 3.10. The highest BCUT2D eigenvalue weighted by molar-refractivity contribution is 5.70. The van der Waals surface area contributed by atoms with Crippen molar-refractivity contribution >= 4 is 5.97 Å². The standard InChI is InChI=1S/C12H23NO3/c1-4-16-11(14)8-10(2)13-7-5-6-12(3,15)9-13/h10,15H,4-9H2,1-3H3. The van der Waals surface area contributed by atoms with Gasteiger partial charge in [-0.2, -0.15) is 0 Å². The monoisotopic (exact) mass is 229 g/mol. The largest absolute Gasteiger partial charge is 0.466 e. The van der Waals surface area contributed by atoms with Crippen molar-refractivity contribution in [2.24, 2.45) is 0 Å². The lowest BCUT2D eigenvalue weighted by Crippen LogP contribution is -2.50. The van der Waals surface area contributed by atoms with E-state index >= 15 is 0 Å². The molecular formula is C12H23NO3. The number of carbonyl (C=O) groups excluding carboxylic acids is 1. The Morgan fingerprint density at radius 2 is 2.31 bits per heavy atom. The maximum atomic E-state index is 11.3. The van der Waals surface area contributed by atoms with Gasteiger partial charge in [-0.3, -0.25) is 9.69 Å². The van der Waals surface area contributed by atoms with Gasteiger partial charge in [0, 0.05) is 12.6 Å². The molecule has 1 N–H and O–H groups in total. The maximum Gasteiger partial charge on any atom is 0.307 e. The molecule has 1 heterocycles. The molecule has 0 aromatic carbocycles. The van der Waals surface area contributed by atoms with Crippen molar-refractivity contribution in [2.45, 2.75) is 51.7 Å². The maximum absolute atomic E-state index is 11.3. The first-order valence-electron chi connectivity index (χ1n) is 6.06. The van der Waals surface area contributed by atoms with Crippen LogP contribution in [0.15, 0.2) is 0 Å². The molecule has 0 amide bonds. The van der Waals surface area contributed by atoms with E-state index in [0.717, 1.165) is 19.4 Å². The third-order valence-electron chi connectivity index (χ3n) is 3.10. The summed E-state index contributed by atoms with van der Waals surface area (Å²) in [6.45, 7) is 7.72. The molecule has 4 nitrogen and oxygen atoms in total. The molecule has 2 atom stereocenters. The Labute approximate surface area is 97.6 Å². The number of likely N-dealkylation sites (tertiary alicyclic amines) is 1. The van der Waals surface area contributed by atoms with Gasteiger partial charge in [0.1, 0.15) is 0 Å². The van der Waals surface area contributed by atoms with Gasteiger partial charge in [-0.05, 0) is 40.2 Å². The lowest BCUT2D eigenvalue weighted by atomic mass is 9.94. The Morgan fingerprint density at radius 1 is 1.62 bits per heavy atom. The van der Waals surface area contributed by atoms with Gasteiger partial charge in [0.25, 0.3) is 0 Å². The summed E-state index contributed by atoms with van der Waals surface area (Å²) in [5.74, 6) is -0.153. The van der Waals surface area contributed by atoms with E-state index in [-0.39, 0.29) is 12.0 Å². The van der Waals surface area contributed by atoms with Crippen LogP contribution in [0, 0.1) is 0 Å². The summed E-state index contributed by atoms with van der Waals surface area (Å²) in [7, 11) is 0. The number of esters is 1. The van der Waals surface area contributed by atoms with Gasteiger partial charge in [-0.25, -0.2) is 0 Å². The predicted octanol–water partition coefficient (Wildman–Crippen LogP) is 1.17. The molecule has 16 heavy (non-hydrogen) atoms. The molecule has 0 aromatic heterocycles. The average Bonchev–Trinajstić information content (AvgIpc) is 2.16. The first kappa shape index (κ1) is 13.5. The number of hydrogen-bond donors (Lipinski definition) is 1. The first-order chi connectivity index (χ1) is 7.44. The predicted molar refractivity (Wildman–Crippen MR) is 62.1 cm³/mol. The van der Waals surface area contributed by atoms with Crippen LogP contribution in [0.25, 0.3) is 0 Å². The number of piperidine rings is 1. The van der Waals surface area contributed by atoms with Crippen molar-refractivity contribution in [3.05, 3.63) is 0 Å². The summed E-state index contributed by atoms with van der Waals surface area (Å²) >= 11 is 0. The topological polar surface area (TPSA) is 49.8 Å². The van der Waals surface area contributed by atoms with Crippen LogP contribution in [0.3, 0.4) is 0 Å². The van der Waals surface area contributed by atoms with Crippen molar-refractivity contribution in [1.29, 1.82) is 0 Å². The molecule has 2 unspecified atom stereocenters. The van der Waals surface area contributed by atoms with Crippen molar-refractivity contribution < 1.29 is 14.6 Å². The van der Waals surface area contributed by atoms with Gasteiger partial charge in [0.2, 0.25) is 0 Å². The van der Waals surface area contributed by atoms with Crippen LogP contribution < -0.4 is 0 Å². The fourth-order valence-electron chi connectivity index (χ4n) is 2.23. The zero-order valence-corrected chi connectivity index (χ0v) is 10.5. The van der Waals surface area contributed by atoms with Crippen molar-refractivity contribution in [1.82, 2.24) is 4.90 Å². The third kappa shape index (κ3) is 4.10. The lowest BCUT2D eigenvalue weighted by molar-refractivity contribution is -0.145. The number of carbonyl (C=O) groups is 1. The summed E-state index contributed by atoms with van der Waals surface area (Å²) < 4.78 is 4.93. The highest BCUT2D eigenvalue weighted by Gasteiger charge is 2.31. The van der Waals surface area contributed by atoms with Crippen LogP contribution in [-0.4, -0.2) is 47.3 Å². The molecular weight excluding hydrogens is 206 g/mol. The van der Waals surface area contributed by atoms with Gasteiger partial charge in [0.15, 0.2) is 0 Å². The van der Waals surface area contributed by atoms with E-state index in [0.29, 0.717) is 19.6 Å². The Bertz CT molecular complexity index is 240. The molecule has 1 aliphatic rings. The van der Waals surface area contributed by atoms with Gasteiger partial charge < -0.3 is 9.84 Å². The number of rotatable bonds is 4. The Morgan fingerprint density at radius 3 is 2.88 bits per heavy atom. The number of ether oxygens (including phenoxy) is 1. The second-order valence-corrected chi connectivity index (χ2v) is 4.93. The van der Waals surface area contributed by atoms with E-state index in [1.807, 2.05) is 20.8 Å². The molecule has 0 aromatic rings. The molecule has 1 aliphatic heterocycles. The second kappa shape index (κ2) is 5.64. The highest BCUT2D eigenvalue weighted by Crippen LogP contribution is 2.22. The molecule has 1 fully saturated rings. The minimum absolute atomic E-state index is 0.144. The molecule has 0 aliphatic carbocycles. The Kier molecular flexibility index (Phi) is 4.74. The normalized spacial score (nSPS) is 28.8. The molecule has 0 saturated carbocycles. The van der Waals surface area contributed by atoms with Crippen LogP contribution in [0.4, 0.5) is 0 Å². The summed E-state index contributed by atoms with van der Waals surface area (Å²) in [5, 5.41) is 9.97. The number of aliphatic hydroxyl groups is 1. The van der Waals surface area contributed by atoms with Crippen molar-refractivity contribution in [3.63, 3.8) is 0 Å². The van der Waals surface area contributed by atoms with Crippen LogP contribution in [-0.2, 0) is 9.53 Å². The van der Waals surface area contributed by atoms with E-state index in [9.17, 15) is 9.90 Å². The van der Waals surface area contributed by atoms with E-state index in [1.165, 1.54) is 0 Å². The lowest BCUT2D eigenvalue weighted by Gasteiger charge is -2.39. The zero-order valence-electron chi connectivity index (χ0n) is 10.5. The van der Waals surface area contributed by atoms with Crippen LogP contribution in [0.2, 0.25) is 0 Å². The fourth-order valence-corrected chi connectivity index (χ4v) is 2.23. The Hall–Kier alpha value is -0.610. The van der Waals surface area contributed by atoms with Crippen molar-refractivity contribution in [2.75, 3.05) is 19.7 Å². The fraction of sp³-hybridized carbons (Fsp3) is 0.917. The number of β-amino-alcohol motifs (C(OH)–C–C–N with tert-alkyl or cyclic N) is 1. The number of hydrogen-bond acceptors (Lipinski definition) is 4. The SMILES string of the molecule is CCOC(=O)CC(C)N1CCCC(C)(O)C1. The smallest absolute Gasteiger partial charge is 0.307 e. The van der Waals surface area contributed by atoms with Crippen LogP contribution in [0.1, 0.15) is 40.0 Å². The van der Waals surface area contributed by atoms with Gasteiger partial charge in [0.05, 0.1) is 18.6 Å². The summed E-state index contributed by atoms with van der Waals surface area (Å²) in [6.07, 6.45) is 2.24. The molecule has 0 spiro atoms. The highest BCUT2D eigenvalue weighted by atomic mass is 16.5. The van der Waals surface area contributed by atoms with Gasteiger partial charge in [-0.15, -0.1) is 0 Å². The molecule has 1 saturated heterocycles. The minimum atomic E-state index is -0.610. The summed E-state index contributed by atoms with van der Waals surface area (Å²) in [6, 6.07) is 0.144. The molecule has 0 radical (unpaired) electrons. The zero-order chi connectivity index (χ0) is 12.2. The van der Waals surface area contributed by atoms with Crippen LogP contribution in [0.5, 0.6) is 0 Å². The Balaban J connectivity index is 2.41.